The van der Waals surface area contributed by atoms with Crippen molar-refractivity contribution in [2.24, 2.45) is 5.92 Å². The van der Waals surface area contributed by atoms with Gasteiger partial charge in [-0.25, -0.2) is 0 Å². The first-order valence-electron chi connectivity index (χ1n) is 7.48. The molecule has 1 aromatic rings. The highest BCUT2D eigenvalue weighted by molar-refractivity contribution is 5.80. The minimum Gasteiger partial charge on any atom is -0.299 e. The van der Waals surface area contributed by atoms with Gasteiger partial charge < -0.3 is 0 Å². The minimum absolute atomic E-state index is 0.154. The first kappa shape index (κ1) is 15.7. The van der Waals surface area contributed by atoms with Crippen LogP contribution in [0.25, 0.3) is 6.08 Å². The summed E-state index contributed by atoms with van der Waals surface area (Å²) >= 11 is 0. The van der Waals surface area contributed by atoms with Crippen molar-refractivity contribution in [2.45, 2.75) is 52.4 Å². The van der Waals surface area contributed by atoms with Crippen LogP contribution in [0.5, 0.6) is 0 Å². The predicted octanol–water partition coefficient (Wildman–Crippen LogP) is 5.27. The van der Waals surface area contributed by atoms with Gasteiger partial charge >= 0.3 is 0 Å². The van der Waals surface area contributed by atoms with Gasteiger partial charge in [0.15, 0.2) is 0 Å². The van der Waals surface area contributed by atoms with Crippen molar-refractivity contribution in [3.05, 3.63) is 42.0 Å². The van der Waals surface area contributed by atoms with Crippen molar-refractivity contribution in [1.29, 1.82) is 0 Å². The van der Waals surface area contributed by atoms with E-state index < -0.39 is 0 Å². The highest BCUT2D eigenvalue weighted by atomic mass is 16.1. The Morgan fingerprint density at radius 1 is 1.16 bits per heavy atom. The summed E-state index contributed by atoms with van der Waals surface area (Å²) in [6.45, 7) is 4.23. The van der Waals surface area contributed by atoms with Crippen LogP contribution >= 0.6 is 0 Å². The van der Waals surface area contributed by atoms with Crippen molar-refractivity contribution in [1.82, 2.24) is 0 Å². The maximum absolute atomic E-state index is 11.9. The molecule has 1 aromatic carbocycles. The molecule has 0 aliphatic carbocycles. The first-order valence-corrected chi connectivity index (χ1v) is 7.48. The molecule has 0 fully saturated rings. The Balaban J connectivity index is 2.24. The molecule has 0 saturated heterocycles. The zero-order valence-electron chi connectivity index (χ0n) is 12.3. The van der Waals surface area contributed by atoms with Crippen LogP contribution in [-0.4, -0.2) is 5.78 Å². The highest BCUT2D eigenvalue weighted by Gasteiger charge is 2.10. The van der Waals surface area contributed by atoms with Crippen LogP contribution in [0.1, 0.15) is 57.9 Å². The average Bonchev–Trinajstić information content (AvgIpc) is 2.44. The molecule has 0 saturated carbocycles. The Morgan fingerprint density at radius 3 is 2.58 bits per heavy atom. The molecular formula is C18H26O. The fraction of sp³-hybridized carbons (Fsp3) is 0.500. The first-order chi connectivity index (χ1) is 9.24. The molecule has 0 aliphatic rings. The molecule has 0 heterocycles. The summed E-state index contributed by atoms with van der Waals surface area (Å²) in [6, 6.07) is 10.2. The third-order valence-corrected chi connectivity index (χ3v) is 3.43. The molecule has 19 heavy (non-hydrogen) atoms. The minimum atomic E-state index is 0.154. The van der Waals surface area contributed by atoms with Gasteiger partial charge in [-0.1, -0.05) is 75.6 Å². The van der Waals surface area contributed by atoms with Crippen LogP contribution in [0, 0.1) is 5.92 Å². The van der Waals surface area contributed by atoms with Gasteiger partial charge in [0.2, 0.25) is 0 Å². The monoisotopic (exact) mass is 258 g/mol. The zero-order valence-corrected chi connectivity index (χ0v) is 12.3. The fourth-order valence-electron chi connectivity index (χ4n) is 2.08. The highest BCUT2D eigenvalue weighted by Crippen LogP contribution is 2.12. The molecule has 0 N–H and O–H groups in total. The normalized spacial score (nSPS) is 12.7. The maximum atomic E-state index is 11.9. The van der Waals surface area contributed by atoms with Gasteiger partial charge in [-0.05, 0) is 18.4 Å². The molecule has 0 spiro atoms. The van der Waals surface area contributed by atoms with E-state index >= 15 is 0 Å². The smallest absolute Gasteiger partial charge is 0.136 e. The molecule has 0 bridgehead atoms. The van der Waals surface area contributed by atoms with Crippen molar-refractivity contribution >= 4 is 11.9 Å². The Bertz CT molecular complexity index is 378. The van der Waals surface area contributed by atoms with Gasteiger partial charge in [-0.2, -0.15) is 0 Å². The lowest BCUT2D eigenvalue weighted by Crippen LogP contribution is -2.09. The summed E-state index contributed by atoms with van der Waals surface area (Å²) in [4.78, 5) is 11.9. The maximum Gasteiger partial charge on any atom is 0.136 e. The lowest BCUT2D eigenvalue weighted by molar-refractivity contribution is -0.122. The van der Waals surface area contributed by atoms with E-state index in [1.54, 1.807) is 0 Å². The van der Waals surface area contributed by atoms with Crippen molar-refractivity contribution < 1.29 is 4.79 Å². The Morgan fingerprint density at radius 2 is 1.89 bits per heavy atom. The molecule has 1 rings (SSSR count). The number of hydrogen-bond acceptors (Lipinski definition) is 1. The van der Waals surface area contributed by atoms with E-state index in [4.69, 9.17) is 0 Å². The van der Waals surface area contributed by atoms with Crippen LogP contribution in [0.15, 0.2) is 36.4 Å². The Kier molecular flexibility index (Phi) is 7.88. The largest absolute Gasteiger partial charge is 0.299 e. The number of ketones is 1. The summed E-state index contributed by atoms with van der Waals surface area (Å²) in [5.74, 6) is 0.565. The number of rotatable bonds is 9. The number of Topliss-reactive ketones (excluding diaryl/α,β-unsaturated/α-hetero) is 1. The van der Waals surface area contributed by atoms with E-state index in [0.29, 0.717) is 5.78 Å². The van der Waals surface area contributed by atoms with Crippen LogP contribution in [0.2, 0.25) is 0 Å². The van der Waals surface area contributed by atoms with Crippen LogP contribution in [0.3, 0.4) is 0 Å². The number of benzene rings is 1. The molecular weight excluding hydrogens is 232 g/mol. The van der Waals surface area contributed by atoms with E-state index in [1.807, 2.05) is 25.1 Å². The fourth-order valence-corrected chi connectivity index (χ4v) is 2.08. The molecule has 0 amide bonds. The van der Waals surface area contributed by atoms with Gasteiger partial charge in [0.25, 0.3) is 0 Å². The molecule has 0 radical (unpaired) electrons. The van der Waals surface area contributed by atoms with Gasteiger partial charge in [-0.15, -0.1) is 0 Å². The van der Waals surface area contributed by atoms with Crippen molar-refractivity contribution in [2.75, 3.05) is 0 Å². The topological polar surface area (TPSA) is 17.1 Å². The summed E-state index contributed by atoms with van der Waals surface area (Å²) in [5.41, 5.74) is 1.20. The predicted molar refractivity (Wildman–Crippen MR) is 83.0 cm³/mol. The van der Waals surface area contributed by atoms with Gasteiger partial charge in [-0.3, -0.25) is 4.79 Å². The summed E-state index contributed by atoms with van der Waals surface area (Å²) in [7, 11) is 0. The standard InChI is InChI=1S/C18H26O/c1-3-4-5-9-15-18(19)16(2)11-10-14-17-12-7-6-8-13-17/h6-8,10,12-14,16H,3-5,9,11,15H2,1-2H3/b14-10+. The van der Waals surface area contributed by atoms with E-state index in [1.165, 1.54) is 24.8 Å². The molecule has 1 unspecified atom stereocenters. The SMILES string of the molecule is CCCCCCC(=O)C(C)C/C=C/c1ccccc1. The van der Waals surface area contributed by atoms with Gasteiger partial charge in [0, 0.05) is 12.3 Å². The van der Waals surface area contributed by atoms with Gasteiger partial charge in [0.05, 0.1) is 0 Å². The van der Waals surface area contributed by atoms with E-state index in [0.717, 1.165) is 19.3 Å². The Labute approximate surface area is 117 Å². The molecule has 0 aliphatic heterocycles. The zero-order chi connectivity index (χ0) is 13.9. The molecule has 1 atom stereocenters. The number of hydrogen-bond donors (Lipinski definition) is 0. The van der Waals surface area contributed by atoms with Crippen LogP contribution in [-0.2, 0) is 4.79 Å². The van der Waals surface area contributed by atoms with E-state index in [-0.39, 0.29) is 5.92 Å². The van der Waals surface area contributed by atoms with Crippen LogP contribution < -0.4 is 0 Å². The molecule has 1 heteroatoms. The second-order valence-electron chi connectivity index (χ2n) is 5.23. The average molecular weight is 258 g/mol. The molecule has 1 nitrogen and oxygen atoms in total. The summed E-state index contributed by atoms with van der Waals surface area (Å²) in [5, 5.41) is 0. The lowest BCUT2D eigenvalue weighted by Gasteiger charge is -2.07. The quantitative estimate of drug-likeness (QED) is 0.552. The lowest BCUT2D eigenvalue weighted by atomic mass is 9.97. The number of carbonyl (C=O) groups is 1. The third-order valence-electron chi connectivity index (χ3n) is 3.43. The van der Waals surface area contributed by atoms with E-state index in [9.17, 15) is 4.79 Å². The van der Waals surface area contributed by atoms with E-state index in [2.05, 4.69) is 31.2 Å². The van der Waals surface area contributed by atoms with Crippen LogP contribution in [0.4, 0.5) is 0 Å². The molecule has 0 aromatic heterocycles. The van der Waals surface area contributed by atoms with Crippen molar-refractivity contribution in [3.63, 3.8) is 0 Å². The third kappa shape index (κ3) is 6.95. The number of allylic oxidation sites excluding steroid dienone is 1. The Hall–Kier alpha value is -1.37. The van der Waals surface area contributed by atoms with Crippen molar-refractivity contribution in [3.8, 4) is 0 Å². The summed E-state index contributed by atoms with van der Waals surface area (Å²) < 4.78 is 0. The second-order valence-corrected chi connectivity index (χ2v) is 5.23. The molecule has 104 valence electrons. The van der Waals surface area contributed by atoms with Gasteiger partial charge in [0.1, 0.15) is 5.78 Å². The number of carbonyl (C=O) groups excluding carboxylic acids is 1. The number of unbranched alkanes of at least 4 members (excludes halogenated alkanes) is 3. The second kappa shape index (κ2) is 9.55. The summed E-state index contributed by atoms with van der Waals surface area (Å²) in [6.07, 6.45) is 10.5.